The number of anilines is 1. The van der Waals surface area contributed by atoms with Crippen LogP contribution in [0.15, 0.2) is 18.2 Å². The van der Waals surface area contributed by atoms with Crippen molar-refractivity contribution >= 4 is 24.0 Å². The standard InChI is InChI=1S/C13H18N2O.ClH/c1-3-7-14-9(2)10-5-4-6-12-11(10)8-13(16)15-12;/h4-6,9,14H,3,7-8H2,1-2H3,(H,15,16);1H. The molecule has 0 aliphatic carbocycles. The zero-order valence-corrected chi connectivity index (χ0v) is 11.1. The molecule has 4 heteroatoms. The average Bonchev–Trinajstić information content (AvgIpc) is 2.65. The van der Waals surface area contributed by atoms with E-state index in [9.17, 15) is 4.79 Å². The van der Waals surface area contributed by atoms with Crippen molar-refractivity contribution in [3.05, 3.63) is 29.3 Å². The second-order valence-electron chi connectivity index (χ2n) is 4.27. The Morgan fingerprint density at radius 1 is 1.47 bits per heavy atom. The van der Waals surface area contributed by atoms with Gasteiger partial charge in [0.25, 0.3) is 0 Å². The first-order valence-corrected chi connectivity index (χ1v) is 5.87. The van der Waals surface area contributed by atoms with Crippen LogP contribution in [0.5, 0.6) is 0 Å². The molecule has 0 saturated heterocycles. The molecular weight excluding hydrogens is 236 g/mol. The fraction of sp³-hybridized carbons (Fsp3) is 0.462. The van der Waals surface area contributed by atoms with Crippen molar-refractivity contribution in [1.29, 1.82) is 0 Å². The smallest absolute Gasteiger partial charge is 0.228 e. The summed E-state index contributed by atoms with van der Waals surface area (Å²) >= 11 is 0. The van der Waals surface area contributed by atoms with Crippen LogP contribution in [0.3, 0.4) is 0 Å². The minimum Gasteiger partial charge on any atom is -0.326 e. The van der Waals surface area contributed by atoms with Gasteiger partial charge in [0.1, 0.15) is 0 Å². The number of benzene rings is 1. The van der Waals surface area contributed by atoms with Gasteiger partial charge in [-0.2, -0.15) is 0 Å². The molecule has 1 aromatic rings. The summed E-state index contributed by atoms with van der Waals surface area (Å²) in [5.41, 5.74) is 3.38. The first-order valence-electron chi connectivity index (χ1n) is 5.87. The van der Waals surface area contributed by atoms with Crippen LogP contribution < -0.4 is 10.6 Å². The van der Waals surface area contributed by atoms with Gasteiger partial charge in [-0.15, -0.1) is 12.4 Å². The third kappa shape index (κ3) is 2.99. The van der Waals surface area contributed by atoms with E-state index in [-0.39, 0.29) is 18.3 Å². The Morgan fingerprint density at radius 3 is 2.94 bits per heavy atom. The molecule has 1 aromatic carbocycles. The minimum atomic E-state index is 0. The van der Waals surface area contributed by atoms with E-state index in [0.29, 0.717) is 12.5 Å². The SMILES string of the molecule is CCCNC(C)c1cccc2c1CC(=O)N2.Cl. The van der Waals surface area contributed by atoms with Crippen molar-refractivity contribution in [3.63, 3.8) is 0 Å². The van der Waals surface area contributed by atoms with E-state index in [4.69, 9.17) is 0 Å². The Kier molecular flexibility index (Phi) is 4.97. The summed E-state index contributed by atoms with van der Waals surface area (Å²) < 4.78 is 0. The highest BCUT2D eigenvalue weighted by atomic mass is 35.5. The highest BCUT2D eigenvalue weighted by Gasteiger charge is 2.22. The lowest BCUT2D eigenvalue weighted by Crippen LogP contribution is -2.20. The molecule has 0 aromatic heterocycles. The lowest BCUT2D eigenvalue weighted by atomic mass is 9.99. The fourth-order valence-electron chi connectivity index (χ4n) is 2.15. The van der Waals surface area contributed by atoms with Crippen molar-refractivity contribution in [2.75, 3.05) is 11.9 Å². The summed E-state index contributed by atoms with van der Waals surface area (Å²) in [4.78, 5) is 11.4. The number of carbonyl (C=O) groups excluding carboxylic acids is 1. The zero-order chi connectivity index (χ0) is 11.5. The van der Waals surface area contributed by atoms with Crippen molar-refractivity contribution < 1.29 is 4.79 Å². The highest BCUT2D eigenvalue weighted by molar-refractivity contribution is 5.99. The normalized spacial score (nSPS) is 14.8. The quantitative estimate of drug-likeness (QED) is 0.867. The van der Waals surface area contributed by atoms with Gasteiger partial charge < -0.3 is 10.6 Å². The first-order chi connectivity index (χ1) is 7.72. The Bertz CT molecular complexity index is 406. The first kappa shape index (κ1) is 14.0. The largest absolute Gasteiger partial charge is 0.326 e. The maximum absolute atomic E-state index is 11.4. The molecule has 0 bridgehead atoms. The van der Waals surface area contributed by atoms with Crippen LogP contribution in [-0.4, -0.2) is 12.5 Å². The monoisotopic (exact) mass is 254 g/mol. The van der Waals surface area contributed by atoms with E-state index in [1.807, 2.05) is 12.1 Å². The van der Waals surface area contributed by atoms with Gasteiger partial charge in [-0.05, 0) is 37.1 Å². The summed E-state index contributed by atoms with van der Waals surface area (Å²) in [5.74, 6) is 0.102. The number of hydrogen-bond acceptors (Lipinski definition) is 2. The van der Waals surface area contributed by atoms with Gasteiger partial charge in [-0.25, -0.2) is 0 Å². The molecule has 1 aliphatic rings. The lowest BCUT2D eigenvalue weighted by Gasteiger charge is -2.16. The zero-order valence-electron chi connectivity index (χ0n) is 10.2. The minimum absolute atomic E-state index is 0. The Labute approximate surface area is 108 Å². The lowest BCUT2D eigenvalue weighted by molar-refractivity contribution is -0.115. The predicted molar refractivity (Wildman–Crippen MR) is 72.7 cm³/mol. The molecule has 1 heterocycles. The fourth-order valence-corrected chi connectivity index (χ4v) is 2.15. The molecule has 0 radical (unpaired) electrons. The van der Waals surface area contributed by atoms with Crippen LogP contribution in [0.25, 0.3) is 0 Å². The van der Waals surface area contributed by atoms with E-state index >= 15 is 0 Å². The third-order valence-corrected chi connectivity index (χ3v) is 2.99. The van der Waals surface area contributed by atoms with E-state index in [1.165, 1.54) is 5.56 Å². The second kappa shape index (κ2) is 6.03. The van der Waals surface area contributed by atoms with Crippen LogP contribution in [0.4, 0.5) is 5.69 Å². The molecule has 1 aliphatic heterocycles. The number of halogens is 1. The molecule has 0 fully saturated rings. The van der Waals surface area contributed by atoms with Crippen LogP contribution in [0.1, 0.15) is 37.4 Å². The van der Waals surface area contributed by atoms with Gasteiger partial charge >= 0.3 is 0 Å². The van der Waals surface area contributed by atoms with Crippen molar-refractivity contribution in [3.8, 4) is 0 Å². The molecule has 2 rings (SSSR count). The number of fused-ring (bicyclic) bond motifs is 1. The van der Waals surface area contributed by atoms with E-state index in [0.717, 1.165) is 24.2 Å². The van der Waals surface area contributed by atoms with E-state index in [2.05, 4.69) is 30.5 Å². The van der Waals surface area contributed by atoms with E-state index in [1.54, 1.807) is 0 Å². The highest BCUT2D eigenvalue weighted by Crippen LogP contribution is 2.29. The van der Waals surface area contributed by atoms with Crippen molar-refractivity contribution in [2.24, 2.45) is 0 Å². The van der Waals surface area contributed by atoms with Crippen molar-refractivity contribution in [1.82, 2.24) is 5.32 Å². The van der Waals surface area contributed by atoms with E-state index < -0.39 is 0 Å². The summed E-state index contributed by atoms with van der Waals surface area (Å²) in [6, 6.07) is 6.38. The van der Waals surface area contributed by atoms with Gasteiger partial charge in [-0.1, -0.05) is 19.1 Å². The molecule has 17 heavy (non-hydrogen) atoms. The summed E-state index contributed by atoms with van der Waals surface area (Å²) in [7, 11) is 0. The summed E-state index contributed by atoms with van der Waals surface area (Å²) in [5, 5.41) is 6.34. The molecule has 94 valence electrons. The molecule has 3 nitrogen and oxygen atoms in total. The van der Waals surface area contributed by atoms with Gasteiger partial charge in [0.05, 0.1) is 6.42 Å². The van der Waals surface area contributed by atoms with Gasteiger partial charge in [-0.3, -0.25) is 4.79 Å². The van der Waals surface area contributed by atoms with Crippen LogP contribution in [0.2, 0.25) is 0 Å². The van der Waals surface area contributed by atoms with Gasteiger partial charge in [0.15, 0.2) is 0 Å². The topological polar surface area (TPSA) is 41.1 Å². The number of nitrogens with one attached hydrogen (secondary N) is 2. The van der Waals surface area contributed by atoms with Crippen LogP contribution in [0, 0.1) is 0 Å². The molecule has 0 saturated carbocycles. The molecule has 0 spiro atoms. The maximum atomic E-state index is 11.4. The molecule has 1 atom stereocenters. The number of carbonyl (C=O) groups is 1. The predicted octanol–water partition coefficient (Wildman–Crippen LogP) is 2.66. The molecular formula is C13H19ClN2O. The second-order valence-corrected chi connectivity index (χ2v) is 4.27. The average molecular weight is 255 g/mol. The number of amides is 1. The Balaban J connectivity index is 0.00000144. The summed E-state index contributed by atoms with van der Waals surface area (Å²) in [6.07, 6.45) is 1.64. The van der Waals surface area contributed by atoms with Gasteiger partial charge in [0, 0.05) is 11.7 Å². The maximum Gasteiger partial charge on any atom is 0.228 e. The number of rotatable bonds is 4. The molecule has 2 N–H and O–H groups in total. The molecule has 1 amide bonds. The van der Waals surface area contributed by atoms with Crippen LogP contribution in [-0.2, 0) is 11.2 Å². The number of hydrogen-bond donors (Lipinski definition) is 2. The van der Waals surface area contributed by atoms with Gasteiger partial charge in [0.2, 0.25) is 5.91 Å². The summed E-state index contributed by atoms with van der Waals surface area (Å²) in [6.45, 7) is 5.31. The third-order valence-electron chi connectivity index (χ3n) is 2.99. The van der Waals surface area contributed by atoms with Crippen LogP contribution >= 0.6 is 12.4 Å². The molecule has 1 unspecified atom stereocenters. The Hall–Kier alpha value is -1.06. The Morgan fingerprint density at radius 2 is 2.24 bits per heavy atom. The van der Waals surface area contributed by atoms with Crippen molar-refractivity contribution in [2.45, 2.75) is 32.7 Å².